The molecule has 3 rings (SSSR count). The summed E-state index contributed by atoms with van der Waals surface area (Å²) in [5, 5.41) is 0. The number of allylic oxidation sites excluding steroid dienone is 4. The van der Waals surface area contributed by atoms with E-state index >= 15 is 0 Å². The largest absolute Gasteiger partial charge is 0.382 e. The summed E-state index contributed by atoms with van der Waals surface area (Å²) in [6.07, 6.45) is 14.8. The zero-order valence-electron chi connectivity index (χ0n) is 20.2. The molecule has 170 valence electrons. The molecule has 1 atom stereocenters. The molecular weight excluding hydrogens is 382 g/mol. The summed E-state index contributed by atoms with van der Waals surface area (Å²) >= 11 is 0. The van der Waals surface area contributed by atoms with Gasteiger partial charge in [0, 0.05) is 13.6 Å². The molecule has 2 aliphatic rings. The van der Waals surface area contributed by atoms with E-state index in [1.54, 1.807) is 0 Å². The Morgan fingerprint density at radius 2 is 1.97 bits per heavy atom. The van der Waals surface area contributed by atoms with Crippen LogP contribution in [0.15, 0.2) is 41.8 Å². The van der Waals surface area contributed by atoms with E-state index in [1.165, 1.54) is 55.2 Å². The Morgan fingerprint density at radius 1 is 1.23 bits per heavy atom. The van der Waals surface area contributed by atoms with Crippen molar-refractivity contribution < 1.29 is 0 Å². The minimum Gasteiger partial charge on any atom is -0.382 e. The minimum atomic E-state index is 0.408. The quantitative estimate of drug-likeness (QED) is 0.511. The molecule has 0 spiro atoms. The van der Waals surface area contributed by atoms with Crippen LogP contribution in [-0.4, -0.2) is 30.2 Å². The van der Waals surface area contributed by atoms with Crippen LogP contribution >= 0.6 is 0 Å². The Labute approximate surface area is 189 Å². The van der Waals surface area contributed by atoms with E-state index in [0.29, 0.717) is 17.2 Å². The standard InChI is InChI=1S/C26H41N5/c1-19(12-13-22-21(3)11-8-15-26(22,4)5)9-7-10-20(2)14-16-31-18-30(6)25-23(31)24(27)28-17-29-25/h9,14,17,22H,3,7-8,10-13,15-16,18H2,1-2,4-6H3,(H2,27,28,29). The van der Waals surface area contributed by atoms with E-state index in [1.807, 2.05) is 7.05 Å². The lowest BCUT2D eigenvalue weighted by Crippen LogP contribution is -2.29. The van der Waals surface area contributed by atoms with Crippen molar-refractivity contribution in [3.63, 3.8) is 0 Å². The van der Waals surface area contributed by atoms with Crippen molar-refractivity contribution in [3.8, 4) is 0 Å². The highest BCUT2D eigenvalue weighted by Crippen LogP contribution is 2.45. The fraction of sp³-hybridized carbons (Fsp3) is 0.615. The maximum Gasteiger partial charge on any atom is 0.159 e. The van der Waals surface area contributed by atoms with Crippen LogP contribution in [0.4, 0.5) is 17.3 Å². The van der Waals surface area contributed by atoms with Crippen LogP contribution in [0.5, 0.6) is 0 Å². The Bertz CT molecular complexity index is 851. The van der Waals surface area contributed by atoms with Gasteiger partial charge in [-0.1, -0.05) is 49.3 Å². The predicted octanol–water partition coefficient (Wildman–Crippen LogP) is 6.11. The van der Waals surface area contributed by atoms with Gasteiger partial charge in [0.15, 0.2) is 11.6 Å². The number of aromatic nitrogens is 2. The maximum atomic E-state index is 6.10. The molecular formula is C26H41N5. The summed E-state index contributed by atoms with van der Waals surface area (Å²) in [4.78, 5) is 12.9. The molecule has 1 aliphatic heterocycles. The molecule has 0 aromatic carbocycles. The van der Waals surface area contributed by atoms with Crippen LogP contribution in [0.3, 0.4) is 0 Å². The Balaban J connectivity index is 1.46. The fourth-order valence-corrected chi connectivity index (χ4v) is 5.16. The Hall–Kier alpha value is -2.30. The van der Waals surface area contributed by atoms with Crippen LogP contribution in [0, 0.1) is 11.3 Å². The van der Waals surface area contributed by atoms with Crippen molar-refractivity contribution in [3.05, 3.63) is 41.8 Å². The van der Waals surface area contributed by atoms with Crippen LogP contribution in [0.2, 0.25) is 0 Å². The zero-order chi connectivity index (χ0) is 22.6. The minimum absolute atomic E-state index is 0.408. The van der Waals surface area contributed by atoms with Gasteiger partial charge in [-0.3, -0.25) is 0 Å². The van der Waals surface area contributed by atoms with Crippen molar-refractivity contribution >= 4 is 17.3 Å². The lowest BCUT2D eigenvalue weighted by molar-refractivity contribution is 0.180. The van der Waals surface area contributed by atoms with E-state index < -0.39 is 0 Å². The number of anilines is 3. The molecule has 0 bridgehead atoms. The summed E-state index contributed by atoms with van der Waals surface area (Å²) < 4.78 is 0. The molecule has 2 N–H and O–H groups in total. The predicted molar refractivity (Wildman–Crippen MR) is 133 cm³/mol. The van der Waals surface area contributed by atoms with Gasteiger partial charge in [0.25, 0.3) is 0 Å². The molecule has 5 nitrogen and oxygen atoms in total. The van der Waals surface area contributed by atoms with Gasteiger partial charge in [-0.05, 0) is 70.1 Å². The first-order valence-corrected chi connectivity index (χ1v) is 11.7. The Morgan fingerprint density at radius 3 is 2.71 bits per heavy atom. The van der Waals surface area contributed by atoms with Crippen LogP contribution in [0.1, 0.15) is 72.6 Å². The third-order valence-electron chi connectivity index (χ3n) is 7.17. The maximum absolute atomic E-state index is 6.10. The zero-order valence-corrected chi connectivity index (χ0v) is 20.2. The second kappa shape index (κ2) is 9.88. The van der Waals surface area contributed by atoms with Crippen LogP contribution in [0.25, 0.3) is 0 Å². The molecule has 1 aromatic heterocycles. The number of nitrogen functional groups attached to an aromatic ring is 1. The van der Waals surface area contributed by atoms with Gasteiger partial charge in [-0.2, -0.15) is 0 Å². The monoisotopic (exact) mass is 423 g/mol. The van der Waals surface area contributed by atoms with Gasteiger partial charge in [-0.25, -0.2) is 9.97 Å². The molecule has 1 saturated carbocycles. The van der Waals surface area contributed by atoms with Gasteiger partial charge in [0.1, 0.15) is 12.0 Å². The third-order valence-corrected chi connectivity index (χ3v) is 7.17. The Kier molecular flexibility index (Phi) is 7.45. The van der Waals surface area contributed by atoms with Crippen molar-refractivity contribution in [1.82, 2.24) is 9.97 Å². The first kappa shape index (κ1) is 23.4. The molecule has 1 aromatic rings. The fourth-order valence-electron chi connectivity index (χ4n) is 5.16. The van der Waals surface area contributed by atoms with Crippen LogP contribution < -0.4 is 15.5 Å². The molecule has 2 heterocycles. The number of nitrogens with zero attached hydrogens (tertiary/aromatic N) is 4. The lowest BCUT2D eigenvalue weighted by atomic mass is 9.65. The van der Waals surface area contributed by atoms with Crippen molar-refractivity contribution in [1.29, 1.82) is 0 Å². The highest BCUT2D eigenvalue weighted by atomic mass is 15.4. The van der Waals surface area contributed by atoms with Crippen molar-refractivity contribution in [2.75, 3.05) is 35.8 Å². The van der Waals surface area contributed by atoms with E-state index in [0.717, 1.165) is 37.6 Å². The molecule has 5 heteroatoms. The summed E-state index contributed by atoms with van der Waals surface area (Å²) in [5.41, 5.74) is 11.9. The number of nitrogens with two attached hydrogens (primary N) is 1. The van der Waals surface area contributed by atoms with Gasteiger partial charge < -0.3 is 15.5 Å². The van der Waals surface area contributed by atoms with Crippen molar-refractivity contribution in [2.45, 2.75) is 72.6 Å². The van der Waals surface area contributed by atoms with Gasteiger partial charge in [-0.15, -0.1) is 0 Å². The molecule has 1 fully saturated rings. The second-order valence-electron chi connectivity index (χ2n) is 10.2. The second-order valence-corrected chi connectivity index (χ2v) is 10.2. The summed E-state index contributed by atoms with van der Waals surface area (Å²) in [6.45, 7) is 15.4. The smallest absolute Gasteiger partial charge is 0.159 e. The van der Waals surface area contributed by atoms with Crippen molar-refractivity contribution in [2.24, 2.45) is 11.3 Å². The number of rotatable bonds is 8. The van der Waals surface area contributed by atoms with E-state index in [9.17, 15) is 0 Å². The first-order chi connectivity index (χ1) is 14.7. The average Bonchev–Trinajstić information content (AvgIpc) is 3.02. The summed E-state index contributed by atoms with van der Waals surface area (Å²) in [7, 11) is 2.04. The number of fused-ring (bicyclic) bond motifs is 1. The normalized spacial score (nSPS) is 21.6. The van der Waals surface area contributed by atoms with E-state index in [2.05, 4.69) is 66.2 Å². The first-order valence-electron chi connectivity index (χ1n) is 11.7. The third kappa shape index (κ3) is 5.69. The lowest BCUT2D eigenvalue weighted by Gasteiger charge is -2.40. The van der Waals surface area contributed by atoms with Gasteiger partial charge in [0.2, 0.25) is 0 Å². The number of hydrogen-bond donors (Lipinski definition) is 1. The average molecular weight is 424 g/mol. The molecule has 31 heavy (non-hydrogen) atoms. The van der Waals surface area contributed by atoms with E-state index in [4.69, 9.17) is 5.73 Å². The molecule has 0 radical (unpaired) electrons. The molecule has 1 aliphatic carbocycles. The molecule has 1 unspecified atom stereocenters. The number of hydrogen-bond acceptors (Lipinski definition) is 5. The molecule has 0 amide bonds. The highest BCUT2D eigenvalue weighted by Gasteiger charge is 2.33. The SMILES string of the molecule is C=C1CCCC(C)(C)C1CCC(C)=CCCC(C)=CCN1CN(C)c2ncnc(N)c21. The topological polar surface area (TPSA) is 58.3 Å². The highest BCUT2D eigenvalue weighted by molar-refractivity contribution is 5.81. The summed E-state index contributed by atoms with van der Waals surface area (Å²) in [5.74, 6) is 2.15. The van der Waals surface area contributed by atoms with Crippen LogP contribution in [-0.2, 0) is 0 Å². The van der Waals surface area contributed by atoms with E-state index in [-0.39, 0.29) is 0 Å². The summed E-state index contributed by atoms with van der Waals surface area (Å²) in [6, 6.07) is 0. The molecule has 0 saturated heterocycles. The van der Waals surface area contributed by atoms with Gasteiger partial charge >= 0.3 is 0 Å². The van der Waals surface area contributed by atoms with Gasteiger partial charge in [0.05, 0.1) is 6.67 Å².